The van der Waals surface area contributed by atoms with Gasteiger partial charge in [-0.2, -0.15) is 0 Å². The van der Waals surface area contributed by atoms with Crippen LogP contribution in [0.15, 0.2) is 33.2 Å². The molecule has 0 aliphatic carbocycles. The van der Waals surface area contributed by atoms with Gasteiger partial charge in [-0.3, -0.25) is 0 Å². The highest BCUT2D eigenvalue weighted by atomic mass is 79.9. The molecule has 2 rings (SSSR count). The van der Waals surface area contributed by atoms with Gasteiger partial charge in [0.1, 0.15) is 29.7 Å². The number of hydrogen-bond acceptors (Lipinski definition) is 3. The smallest absolute Gasteiger partial charge is 0.146 e. The first kappa shape index (κ1) is 14.1. The molecule has 1 aromatic carbocycles. The second kappa shape index (κ2) is 6.21. The summed E-state index contributed by atoms with van der Waals surface area (Å²) in [6.45, 7) is 2.93. The average molecular weight is 328 g/mol. The number of benzene rings is 1. The Kier molecular flexibility index (Phi) is 4.61. The van der Waals surface area contributed by atoms with Crippen LogP contribution < -0.4 is 10.1 Å². The predicted octanol–water partition coefficient (Wildman–Crippen LogP) is 3.79. The Morgan fingerprint density at radius 2 is 2.16 bits per heavy atom. The van der Waals surface area contributed by atoms with Crippen LogP contribution in [0.25, 0.3) is 0 Å². The van der Waals surface area contributed by atoms with Crippen molar-refractivity contribution in [2.45, 2.75) is 20.1 Å². The van der Waals surface area contributed by atoms with Crippen molar-refractivity contribution in [2.75, 3.05) is 7.05 Å². The van der Waals surface area contributed by atoms with Crippen LogP contribution in [0.5, 0.6) is 5.75 Å². The highest BCUT2D eigenvalue weighted by Crippen LogP contribution is 2.26. The van der Waals surface area contributed by atoms with Crippen molar-refractivity contribution in [2.24, 2.45) is 0 Å². The molecule has 1 N–H and O–H groups in total. The fourth-order valence-electron chi connectivity index (χ4n) is 1.73. The molecule has 0 saturated carbocycles. The fourth-order valence-corrected chi connectivity index (χ4v) is 2.10. The second-order valence-corrected chi connectivity index (χ2v) is 5.07. The summed E-state index contributed by atoms with van der Waals surface area (Å²) in [4.78, 5) is 0. The van der Waals surface area contributed by atoms with Crippen LogP contribution in [0, 0.1) is 12.7 Å². The van der Waals surface area contributed by atoms with Gasteiger partial charge in [-0.15, -0.1) is 0 Å². The van der Waals surface area contributed by atoms with Crippen molar-refractivity contribution in [3.05, 3.63) is 51.6 Å². The highest BCUT2D eigenvalue weighted by Gasteiger charge is 2.09. The molecule has 0 bridgehead atoms. The van der Waals surface area contributed by atoms with Gasteiger partial charge in [-0.25, -0.2) is 4.39 Å². The van der Waals surface area contributed by atoms with Crippen LogP contribution in [0.3, 0.4) is 0 Å². The lowest BCUT2D eigenvalue weighted by molar-refractivity contribution is 0.263. The first-order chi connectivity index (χ1) is 9.10. The van der Waals surface area contributed by atoms with Crippen LogP contribution in [0.2, 0.25) is 0 Å². The highest BCUT2D eigenvalue weighted by molar-refractivity contribution is 9.10. The van der Waals surface area contributed by atoms with E-state index in [0.29, 0.717) is 16.8 Å². The molecule has 0 saturated heterocycles. The van der Waals surface area contributed by atoms with Crippen LogP contribution in [-0.2, 0) is 13.2 Å². The quantitative estimate of drug-likeness (QED) is 0.907. The van der Waals surface area contributed by atoms with E-state index in [1.54, 1.807) is 6.07 Å². The Balaban J connectivity index is 2.06. The van der Waals surface area contributed by atoms with Crippen LogP contribution >= 0.6 is 15.9 Å². The first-order valence-corrected chi connectivity index (χ1v) is 6.70. The Morgan fingerprint density at radius 3 is 2.89 bits per heavy atom. The maximum Gasteiger partial charge on any atom is 0.146 e. The molecule has 1 heterocycles. The van der Waals surface area contributed by atoms with Gasteiger partial charge in [0, 0.05) is 6.07 Å². The van der Waals surface area contributed by atoms with E-state index in [4.69, 9.17) is 9.15 Å². The molecule has 0 unspecified atom stereocenters. The summed E-state index contributed by atoms with van der Waals surface area (Å²) in [6.07, 6.45) is 0. The number of furan rings is 1. The molecule has 0 spiro atoms. The number of aryl methyl sites for hydroxylation is 1. The minimum absolute atomic E-state index is 0.270. The van der Waals surface area contributed by atoms with Gasteiger partial charge >= 0.3 is 0 Å². The molecular weight excluding hydrogens is 313 g/mol. The van der Waals surface area contributed by atoms with Crippen LogP contribution in [0.1, 0.15) is 17.1 Å². The zero-order valence-corrected chi connectivity index (χ0v) is 12.4. The maximum absolute atomic E-state index is 13.1. The van der Waals surface area contributed by atoms with E-state index in [0.717, 1.165) is 17.1 Å². The summed E-state index contributed by atoms with van der Waals surface area (Å²) in [5, 5.41) is 3.04. The Morgan fingerprint density at radius 1 is 1.37 bits per heavy atom. The first-order valence-electron chi connectivity index (χ1n) is 5.91. The van der Waals surface area contributed by atoms with Gasteiger partial charge in [0.15, 0.2) is 0 Å². The van der Waals surface area contributed by atoms with Gasteiger partial charge in [-0.1, -0.05) is 0 Å². The SMILES string of the molecule is CNCc1oc(COc2cc(F)ccc2Br)cc1C. The maximum atomic E-state index is 13.1. The summed E-state index contributed by atoms with van der Waals surface area (Å²) in [7, 11) is 1.86. The number of ether oxygens (including phenoxy) is 1. The van der Waals surface area contributed by atoms with Crippen molar-refractivity contribution < 1.29 is 13.5 Å². The number of nitrogens with one attached hydrogen (secondary N) is 1. The number of hydrogen-bond donors (Lipinski definition) is 1. The zero-order valence-electron chi connectivity index (χ0n) is 10.8. The van der Waals surface area contributed by atoms with E-state index < -0.39 is 0 Å². The van der Waals surface area contributed by atoms with Crippen molar-refractivity contribution in [1.82, 2.24) is 5.32 Å². The standard InChI is InChI=1S/C14H15BrFNO2/c1-9-5-11(19-14(9)7-17-2)8-18-13-6-10(16)3-4-12(13)15/h3-6,17H,7-8H2,1-2H3. The lowest BCUT2D eigenvalue weighted by Gasteiger charge is -2.06. The van der Waals surface area contributed by atoms with E-state index >= 15 is 0 Å². The topological polar surface area (TPSA) is 34.4 Å². The van der Waals surface area contributed by atoms with Crippen LogP contribution in [-0.4, -0.2) is 7.05 Å². The molecule has 0 aliphatic heterocycles. The minimum Gasteiger partial charge on any atom is -0.484 e. The monoisotopic (exact) mass is 327 g/mol. The molecule has 0 aliphatic rings. The van der Waals surface area contributed by atoms with Gasteiger partial charge in [-0.05, 0) is 53.7 Å². The third-order valence-corrected chi connectivity index (χ3v) is 3.33. The molecule has 0 atom stereocenters. The zero-order chi connectivity index (χ0) is 13.8. The van der Waals surface area contributed by atoms with E-state index in [9.17, 15) is 4.39 Å². The molecule has 3 nitrogen and oxygen atoms in total. The van der Waals surface area contributed by atoms with Crippen molar-refractivity contribution >= 4 is 15.9 Å². The van der Waals surface area contributed by atoms with Crippen molar-refractivity contribution in [3.63, 3.8) is 0 Å². The molecule has 5 heteroatoms. The molecule has 19 heavy (non-hydrogen) atoms. The molecular formula is C14H15BrFNO2. The fraction of sp³-hybridized carbons (Fsp3) is 0.286. The molecule has 0 radical (unpaired) electrons. The van der Waals surface area contributed by atoms with E-state index in [1.165, 1.54) is 12.1 Å². The normalized spacial score (nSPS) is 10.7. The van der Waals surface area contributed by atoms with E-state index in [-0.39, 0.29) is 12.4 Å². The third kappa shape index (κ3) is 3.58. The second-order valence-electron chi connectivity index (χ2n) is 4.21. The summed E-state index contributed by atoms with van der Waals surface area (Å²) in [5.41, 5.74) is 1.08. The minimum atomic E-state index is -0.329. The Bertz CT molecular complexity index is 569. The van der Waals surface area contributed by atoms with Crippen molar-refractivity contribution in [3.8, 4) is 5.75 Å². The number of halogens is 2. The summed E-state index contributed by atoms with van der Waals surface area (Å²) in [5.74, 6) is 1.74. The summed E-state index contributed by atoms with van der Waals surface area (Å²) in [6, 6.07) is 6.26. The van der Waals surface area contributed by atoms with E-state index in [2.05, 4.69) is 21.2 Å². The lowest BCUT2D eigenvalue weighted by atomic mass is 10.2. The summed E-state index contributed by atoms with van der Waals surface area (Å²) >= 11 is 3.32. The summed E-state index contributed by atoms with van der Waals surface area (Å²) < 4.78 is 25.0. The Hall–Kier alpha value is -1.33. The lowest BCUT2D eigenvalue weighted by Crippen LogP contribution is -2.04. The molecule has 2 aromatic rings. The van der Waals surface area contributed by atoms with Gasteiger partial charge in [0.25, 0.3) is 0 Å². The number of rotatable bonds is 5. The molecule has 0 amide bonds. The average Bonchev–Trinajstić information content (AvgIpc) is 2.72. The largest absolute Gasteiger partial charge is 0.484 e. The Labute approximate surface area is 119 Å². The van der Waals surface area contributed by atoms with Crippen LogP contribution in [0.4, 0.5) is 4.39 Å². The molecule has 1 aromatic heterocycles. The van der Waals surface area contributed by atoms with E-state index in [1.807, 2.05) is 20.0 Å². The van der Waals surface area contributed by atoms with Gasteiger partial charge in [0.05, 0.1) is 11.0 Å². The third-order valence-electron chi connectivity index (χ3n) is 2.67. The van der Waals surface area contributed by atoms with Crippen molar-refractivity contribution in [1.29, 1.82) is 0 Å². The molecule has 0 fully saturated rings. The predicted molar refractivity (Wildman–Crippen MR) is 74.6 cm³/mol. The molecule has 102 valence electrons. The van der Waals surface area contributed by atoms with Gasteiger partial charge in [0.2, 0.25) is 0 Å². The van der Waals surface area contributed by atoms with Gasteiger partial charge < -0.3 is 14.5 Å².